The quantitative estimate of drug-likeness (QED) is 0.657. The van der Waals surface area contributed by atoms with Gasteiger partial charge in [-0.2, -0.15) is 0 Å². The summed E-state index contributed by atoms with van der Waals surface area (Å²) in [7, 11) is -3.69. The number of hydrogen-bond acceptors (Lipinski definition) is 4. The van der Waals surface area contributed by atoms with Crippen LogP contribution < -0.4 is 4.72 Å². The number of benzene rings is 3. The van der Waals surface area contributed by atoms with E-state index in [9.17, 15) is 13.2 Å². The molecule has 0 aliphatic heterocycles. The molecule has 27 heavy (non-hydrogen) atoms. The van der Waals surface area contributed by atoms with Crippen LogP contribution in [0.3, 0.4) is 0 Å². The average molecular weight is 383 g/mol. The third kappa shape index (κ3) is 4.35. The van der Waals surface area contributed by atoms with Gasteiger partial charge in [0.25, 0.3) is 0 Å². The van der Waals surface area contributed by atoms with E-state index in [-0.39, 0.29) is 18.0 Å². The number of fused-ring (bicyclic) bond motifs is 1. The largest absolute Gasteiger partial charge is 0.462 e. The van der Waals surface area contributed by atoms with Crippen LogP contribution in [0.15, 0.2) is 65.6 Å². The lowest BCUT2D eigenvalue weighted by atomic mass is 10.0. The zero-order chi connectivity index (χ0) is 19.4. The predicted molar refractivity (Wildman–Crippen MR) is 105 cm³/mol. The van der Waals surface area contributed by atoms with Gasteiger partial charge in [-0.25, -0.2) is 17.9 Å². The van der Waals surface area contributed by atoms with Crippen molar-refractivity contribution >= 4 is 26.8 Å². The summed E-state index contributed by atoms with van der Waals surface area (Å²) in [5, 5.41) is 1.82. The second-order valence-electron chi connectivity index (χ2n) is 6.21. The van der Waals surface area contributed by atoms with Gasteiger partial charge in [-0.3, -0.25) is 0 Å². The van der Waals surface area contributed by atoms with Gasteiger partial charge < -0.3 is 4.74 Å². The number of aryl methyl sites for hydroxylation is 1. The molecule has 3 rings (SSSR count). The van der Waals surface area contributed by atoms with Crippen molar-refractivity contribution in [2.24, 2.45) is 0 Å². The SMILES string of the molecule is CCOC(=O)c1cc2ccccc2cc1CNS(=O)(=O)c1ccc(C)cc1. The molecule has 0 fully saturated rings. The lowest BCUT2D eigenvalue weighted by molar-refractivity contribution is 0.0525. The van der Waals surface area contributed by atoms with Crippen LogP contribution in [0, 0.1) is 6.92 Å². The predicted octanol–water partition coefficient (Wildman–Crippen LogP) is 3.80. The molecular weight excluding hydrogens is 362 g/mol. The van der Waals surface area contributed by atoms with E-state index in [1.165, 1.54) is 0 Å². The Bertz CT molecular complexity index is 1070. The van der Waals surface area contributed by atoms with Crippen LogP contribution in [0.1, 0.15) is 28.4 Å². The zero-order valence-electron chi connectivity index (χ0n) is 15.2. The molecule has 140 valence electrons. The average Bonchev–Trinajstić information content (AvgIpc) is 2.66. The van der Waals surface area contributed by atoms with E-state index >= 15 is 0 Å². The third-order valence-corrected chi connectivity index (χ3v) is 5.67. The fourth-order valence-corrected chi connectivity index (χ4v) is 3.81. The number of esters is 1. The molecule has 0 aliphatic carbocycles. The number of hydrogen-bond donors (Lipinski definition) is 1. The van der Waals surface area contributed by atoms with Gasteiger partial charge in [0.2, 0.25) is 10.0 Å². The molecule has 1 N–H and O–H groups in total. The second kappa shape index (κ2) is 7.90. The van der Waals surface area contributed by atoms with Crippen LogP contribution in [0.5, 0.6) is 0 Å². The molecule has 0 radical (unpaired) electrons. The Morgan fingerprint density at radius 1 is 1.00 bits per heavy atom. The molecular formula is C21H21NO4S. The van der Waals surface area contributed by atoms with Gasteiger partial charge in [0.1, 0.15) is 0 Å². The number of nitrogens with one attached hydrogen (secondary N) is 1. The highest BCUT2D eigenvalue weighted by atomic mass is 32.2. The minimum absolute atomic E-state index is 0.00477. The third-order valence-electron chi connectivity index (χ3n) is 4.25. The van der Waals surface area contributed by atoms with Crippen LogP contribution >= 0.6 is 0 Å². The maximum Gasteiger partial charge on any atom is 0.338 e. The van der Waals surface area contributed by atoms with E-state index in [4.69, 9.17) is 4.74 Å². The van der Waals surface area contributed by atoms with Crippen molar-refractivity contribution in [1.29, 1.82) is 0 Å². The Kier molecular flexibility index (Phi) is 5.58. The first-order valence-electron chi connectivity index (χ1n) is 8.66. The van der Waals surface area contributed by atoms with Crippen molar-refractivity contribution in [2.75, 3.05) is 6.61 Å². The molecule has 0 saturated heterocycles. The summed E-state index contributed by atoms with van der Waals surface area (Å²) in [5.74, 6) is -0.465. The lowest BCUT2D eigenvalue weighted by Gasteiger charge is -2.12. The number of carbonyl (C=O) groups is 1. The zero-order valence-corrected chi connectivity index (χ0v) is 16.0. The second-order valence-corrected chi connectivity index (χ2v) is 7.98. The van der Waals surface area contributed by atoms with Crippen molar-refractivity contribution < 1.29 is 17.9 Å². The van der Waals surface area contributed by atoms with E-state index in [1.54, 1.807) is 37.3 Å². The summed E-state index contributed by atoms with van der Waals surface area (Å²) in [4.78, 5) is 12.5. The van der Waals surface area contributed by atoms with Crippen molar-refractivity contribution in [1.82, 2.24) is 4.72 Å². The Balaban J connectivity index is 1.94. The minimum Gasteiger partial charge on any atom is -0.462 e. The first-order chi connectivity index (χ1) is 12.9. The topological polar surface area (TPSA) is 72.5 Å². The van der Waals surface area contributed by atoms with Crippen molar-refractivity contribution in [2.45, 2.75) is 25.3 Å². The number of sulfonamides is 1. The van der Waals surface area contributed by atoms with Gasteiger partial charge in [-0.05, 0) is 54.4 Å². The van der Waals surface area contributed by atoms with Crippen LogP contribution in [0.4, 0.5) is 0 Å². The summed E-state index contributed by atoms with van der Waals surface area (Å²) in [6, 6.07) is 17.8. The van der Waals surface area contributed by atoms with Crippen LogP contribution in [-0.4, -0.2) is 21.0 Å². The first-order valence-corrected chi connectivity index (χ1v) is 10.1. The van der Waals surface area contributed by atoms with Crippen molar-refractivity contribution in [3.8, 4) is 0 Å². The monoisotopic (exact) mass is 383 g/mol. The Morgan fingerprint density at radius 3 is 2.26 bits per heavy atom. The van der Waals surface area contributed by atoms with Gasteiger partial charge >= 0.3 is 5.97 Å². The van der Waals surface area contributed by atoms with Crippen LogP contribution in [0.25, 0.3) is 10.8 Å². The molecule has 0 saturated carbocycles. The standard InChI is InChI=1S/C21H21NO4S/c1-3-26-21(23)20-13-17-7-5-4-6-16(17)12-18(20)14-22-27(24,25)19-10-8-15(2)9-11-19/h4-13,22H,3,14H2,1-2H3. The molecule has 3 aromatic rings. The van der Waals surface area contributed by atoms with Gasteiger partial charge in [0, 0.05) is 6.54 Å². The normalized spacial score (nSPS) is 11.5. The van der Waals surface area contributed by atoms with E-state index in [0.29, 0.717) is 11.1 Å². The highest BCUT2D eigenvalue weighted by Gasteiger charge is 2.18. The maximum absolute atomic E-state index is 12.6. The van der Waals surface area contributed by atoms with Crippen LogP contribution in [0.2, 0.25) is 0 Å². The molecule has 0 aliphatic rings. The number of rotatable bonds is 6. The first kappa shape index (κ1) is 19.1. The van der Waals surface area contributed by atoms with Gasteiger partial charge in [-0.15, -0.1) is 0 Å². The highest BCUT2D eigenvalue weighted by molar-refractivity contribution is 7.89. The molecule has 6 heteroatoms. The fraction of sp³-hybridized carbons (Fsp3) is 0.190. The molecule has 0 spiro atoms. The van der Waals surface area contributed by atoms with Crippen molar-refractivity contribution in [3.05, 3.63) is 77.4 Å². The lowest BCUT2D eigenvalue weighted by Crippen LogP contribution is -2.24. The van der Waals surface area contributed by atoms with Crippen LogP contribution in [-0.2, 0) is 21.3 Å². The van der Waals surface area contributed by atoms with E-state index in [0.717, 1.165) is 16.3 Å². The van der Waals surface area contributed by atoms with Gasteiger partial charge in [0.05, 0.1) is 17.1 Å². The summed E-state index contributed by atoms with van der Waals surface area (Å²) in [6.07, 6.45) is 0. The smallest absolute Gasteiger partial charge is 0.338 e. The molecule has 0 atom stereocenters. The molecule has 0 heterocycles. The molecule has 0 aromatic heterocycles. The van der Waals surface area contributed by atoms with E-state index in [2.05, 4.69) is 4.72 Å². The number of carbonyl (C=O) groups excluding carboxylic acids is 1. The van der Waals surface area contributed by atoms with Gasteiger partial charge in [-0.1, -0.05) is 42.0 Å². The van der Waals surface area contributed by atoms with E-state index < -0.39 is 16.0 Å². The Labute approximate surface area is 159 Å². The minimum atomic E-state index is -3.69. The Hall–Kier alpha value is -2.70. The maximum atomic E-state index is 12.6. The Morgan fingerprint density at radius 2 is 1.63 bits per heavy atom. The summed E-state index contributed by atoms with van der Waals surface area (Å²) in [6.45, 7) is 3.87. The summed E-state index contributed by atoms with van der Waals surface area (Å²) >= 11 is 0. The van der Waals surface area contributed by atoms with E-state index in [1.807, 2.05) is 37.3 Å². The van der Waals surface area contributed by atoms with Crippen molar-refractivity contribution in [3.63, 3.8) is 0 Å². The van der Waals surface area contributed by atoms with Gasteiger partial charge in [0.15, 0.2) is 0 Å². The molecule has 3 aromatic carbocycles. The summed E-state index contributed by atoms with van der Waals surface area (Å²) < 4.78 is 32.8. The fourth-order valence-electron chi connectivity index (χ4n) is 2.81. The highest BCUT2D eigenvalue weighted by Crippen LogP contribution is 2.22. The molecule has 0 amide bonds. The summed E-state index contributed by atoms with van der Waals surface area (Å²) in [5.41, 5.74) is 1.91. The molecule has 0 unspecified atom stereocenters. The number of ether oxygens (including phenoxy) is 1. The molecule has 5 nitrogen and oxygen atoms in total. The molecule has 0 bridgehead atoms.